The van der Waals surface area contributed by atoms with Crippen molar-refractivity contribution >= 4 is 28.5 Å². The number of nitrogens with zero attached hydrogens (tertiary/aromatic N) is 2. The monoisotopic (exact) mass is 410 g/mol. The maximum atomic E-state index is 13.3. The van der Waals surface area contributed by atoms with E-state index in [2.05, 4.69) is 6.92 Å². The van der Waals surface area contributed by atoms with Gasteiger partial charge in [0.1, 0.15) is 6.61 Å². The van der Waals surface area contributed by atoms with Crippen LogP contribution in [-0.4, -0.2) is 20.6 Å². The molecule has 5 rings (SSSR count). The minimum atomic E-state index is -1.82. The fourth-order valence-corrected chi connectivity index (χ4v) is 4.85. The van der Waals surface area contributed by atoms with Crippen LogP contribution in [0.15, 0.2) is 29.1 Å². The molecule has 7 heteroatoms. The molecular formula is C22H19ClN2O4. The first-order valence-electron chi connectivity index (χ1n) is 9.67. The highest BCUT2D eigenvalue weighted by atomic mass is 35.5. The van der Waals surface area contributed by atoms with Crippen molar-refractivity contribution < 1.29 is 14.6 Å². The molecule has 0 fully saturated rings. The third-order valence-electron chi connectivity index (χ3n) is 6.13. The second kappa shape index (κ2) is 6.15. The molecule has 2 aromatic heterocycles. The van der Waals surface area contributed by atoms with Gasteiger partial charge in [0.05, 0.1) is 34.0 Å². The predicted molar refractivity (Wildman–Crippen MR) is 109 cm³/mol. The van der Waals surface area contributed by atoms with Crippen molar-refractivity contribution in [2.75, 3.05) is 0 Å². The van der Waals surface area contributed by atoms with Gasteiger partial charge in [0.2, 0.25) is 0 Å². The first kappa shape index (κ1) is 18.3. The number of pyridine rings is 2. The average molecular weight is 411 g/mol. The van der Waals surface area contributed by atoms with E-state index in [9.17, 15) is 14.7 Å². The molecule has 0 aliphatic carbocycles. The Morgan fingerprint density at radius 3 is 2.79 bits per heavy atom. The third-order valence-corrected chi connectivity index (χ3v) is 6.45. The van der Waals surface area contributed by atoms with Gasteiger partial charge in [-0.25, -0.2) is 9.78 Å². The van der Waals surface area contributed by atoms with Crippen molar-refractivity contribution in [2.24, 2.45) is 0 Å². The Kier molecular flexibility index (Phi) is 3.89. The zero-order valence-corrected chi connectivity index (χ0v) is 16.8. The van der Waals surface area contributed by atoms with E-state index in [1.54, 1.807) is 17.6 Å². The summed E-state index contributed by atoms with van der Waals surface area (Å²) in [7, 11) is 0. The minimum absolute atomic E-state index is 0.121. The number of benzene rings is 1. The second-order valence-corrected chi connectivity index (χ2v) is 7.92. The van der Waals surface area contributed by atoms with E-state index in [0.29, 0.717) is 34.1 Å². The lowest BCUT2D eigenvalue weighted by molar-refractivity contribution is -0.172. The lowest BCUT2D eigenvalue weighted by Gasteiger charge is -2.31. The molecule has 2 aliphatic rings. The molecule has 0 amide bonds. The van der Waals surface area contributed by atoms with Crippen molar-refractivity contribution in [1.29, 1.82) is 0 Å². The van der Waals surface area contributed by atoms with E-state index >= 15 is 0 Å². The lowest BCUT2D eigenvalue weighted by Crippen LogP contribution is -2.44. The molecule has 0 spiro atoms. The molecule has 4 heterocycles. The summed E-state index contributed by atoms with van der Waals surface area (Å²) in [5.74, 6) is -0.720. The molecule has 0 saturated heterocycles. The average Bonchev–Trinajstić information content (AvgIpc) is 3.08. The molecule has 1 unspecified atom stereocenters. The minimum Gasteiger partial charge on any atom is -0.458 e. The first-order valence-corrected chi connectivity index (χ1v) is 10.1. The van der Waals surface area contributed by atoms with Gasteiger partial charge in [-0.1, -0.05) is 31.5 Å². The van der Waals surface area contributed by atoms with Crippen molar-refractivity contribution in [3.63, 3.8) is 0 Å². The van der Waals surface area contributed by atoms with Crippen LogP contribution in [-0.2, 0) is 34.7 Å². The topological polar surface area (TPSA) is 81.4 Å². The molecule has 29 heavy (non-hydrogen) atoms. The number of carbonyl (C=O) groups is 1. The smallest absolute Gasteiger partial charge is 0.343 e. The Hall–Kier alpha value is -2.70. The molecule has 0 saturated carbocycles. The van der Waals surface area contributed by atoms with Crippen molar-refractivity contribution in [2.45, 2.75) is 45.4 Å². The molecular weight excluding hydrogens is 392 g/mol. The van der Waals surface area contributed by atoms with Crippen LogP contribution in [0.2, 0.25) is 5.02 Å². The summed E-state index contributed by atoms with van der Waals surface area (Å²) >= 11 is 6.47. The van der Waals surface area contributed by atoms with E-state index in [1.807, 2.05) is 18.2 Å². The molecule has 6 nitrogen and oxygen atoms in total. The van der Waals surface area contributed by atoms with Crippen LogP contribution in [0.25, 0.3) is 22.3 Å². The van der Waals surface area contributed by atoms with Crippen LogP contribution in [0.3, 0.4) is 0 Å². The Balaban J connectivity index is 1.85. The molecule has 2 aliphatic heterocycles. The number of esters is 1. The number of carbonyl (C=O) groups excluding carboxylic acids is 1. The number of fused-ring (bicyclic) bond motifs is 5. The predicted octanol–water partition coefficient (Wildman–Crippen LogP) is 3.30. The van der Waals surface area contributed by atoms with Gasteiger partial charge in [0, 0.05) is 16.5 Å². The van der Waals surface area contributed by atoms with Crippen LogP contribution in [0.5, 0.6) is 0 Å². The van der Waals surface area contributed by atoms with Gasteiger partial charge in [-0.15, -0.1) is 0 Å². The van der Waals surface area contributed by atoms with E-state index in [0.717, 1.165) is 28.5 Å². The summed E-state index contributed by atoms with van der Waals surface area (Å²) in [6.07, 6.45) is 0.865. The van der Waals surface area contributed by atoms with Gasteiger partial charge < -0.3 is 14.4 Å². The van der Waals surface area contributed by atoms with Gasteiger partial charge in [-0.3, -0.25) is 4.79 Å². The number of halogens is 1. The van der Waals surface area contributed by atoms with Gasteiger partial charge in [0.25, 0.3) is 5.56 Å². The fourth-order valence-electron chi connectivity index (χ4n) is 4.57. The van der Waals surface area contributed by atoms with Crippen LogP contribution < -0.4 is 5.56 Å². The van der Waals surface area contributed by atoms with E-state index in [4.69, 9.17) is 21.3 Å². The number of aryl methyl sites for hydroxylation is 1. The summed E-state index contributed by atoms with van der Waals surface area (Å²) in [5.41, 5.74) is 2.67. The maximum Gasteiger partial charge on any atom is 0.343 e. The summed E-state index contributed by atoms with van der Waals surface area (Å²) in [4.78, 5) is 30.3. The van der Waals surface area contributed by atoms with Crippen molar-refractivity contribution in [1.82, 2.24) is 9.55 Å². The Labute approximate surface area is 171 Å². The van der Waals surface area contributed by atoms with E-state index < -0.39 is 11.6 Å². The number of cyclic esters (lactones) is 1. The molecule has 1 atom stereocenters. The number of aliphatic hydroxyl groups is 1. The number of aromatic nitrogens is 2. The Morgan fingerprint density at radius 1 is 1.28 bits per heavy atom. The molecule has 148 valence electrons. The molecule has 3 aromatic rings. The van der Waals surface area contributed by atoms with Crippen LogP contribution in [0.1, 0.15) is 42.5 Å². The Morgan fingerprint density at radius 2 is 2.07 bits per heavy atom. The SMILES string of the molecule is CCc1c2c(nc3cccc(Cl)c13)-c1cc3c(c(=O)n1C2)COC(=O)C3(O)CC. The molecule has 0 bridgehead atoms. The Bertz CT molecular complexity index is 1280. The standard InChI is InChI=1S/C22H19ClN2O4/c1-3-11-12-9-25-17(19(12)24-16-7-5-6-15(23)18(11)16)8-14-13(20(25)26)10-29-21(27)22(14,28)4-2/h5-8,28H,3-4,9-10H2,1-2H3. The maximum absolute atomic E-state index is 13.3. The van der Waals surface area contributed by atoms with Gasteiger partial charge >= 0.3 is 5.97 Å². The van der Waals surface area contributed by atoms with Gasteiger partial charge in [-0.05, 0) is 36.6 Å². The molecule has 0 radical (unpaired) electrons. The lowest BCUT2D eigenvalue weighted by atomic mass is 9.86. The number of hydrogen-bond donors (Lipinski definition) is 1. The van der Waals surface area contributed by atoms with E-state index in [1.165, 1.54) is 0 Å². The van der Waals surface area contributed by atoms with Crippen LogP contribution >= 0.6 is 11.6 Å². The van der Waals surface area contributed by atoms with Crippen LogP contribution in [0, 0.1) is 0 Å². The largest absolute Gasteiger partial charge is 0.458 e. The summed E-state index contributed by atoms with van der Waals surface area (Å²) in [5, 5.41) is 12.5. The molecule has 1 aromatic carbocycles. The fraction of sp³-hybridized carbons (Fsp3) is 0.318. The van der Waals surface area contributed by atoms with Crippen molar-refractivity contribution in [3.05, 3.63) is 61.9 Å². The zero-order valence-electron chi connectivity index (χ0n) is 16.1. The highest BCUT2D eigenvalue weighted by Crippen LogP contribution is 2.41. The number of rotatable bonds is 2. The summed E-state index contributed by atoms with van der Waals surface area (Å²) in [6, 6.07) is 7.33. The van der Waals surface area contributed by atoms with Crippen LogP contribution in [0.4, 0.5) is 0 Å². The highest BCUT2D eigenvalue weighted by Gasteiger charge is 2.45. The third kappa shape index (κ3) is 2.30. The normalized spacial score (nSPS) is 19.7. The van der Waals surface area contributed by atoms with Gasteiger partial charge in [-0.2, -0.15) is 0 Å². The van der Waals surface area contributed by atoms with Crippen molar-refractivity contribution in [3.8, 4) is 11.4 Å². The summed E-state index contributed by atoms with van der Waals surface area (Å²) < 4.78 is 6.77. The highest BCUT2D eigenvalue weighted by molar-refractivity contribution is 6.35. The number of ether oxygens (including phenoxy) is 1. The molecule has 1 N–H and O–H groups in total. The first-order chi connectivity index (χ1) is 13.9. The van der Waals surface area contributed by atoms with Gasteiger partial charge in [0.15, 0.2) is 5.60 Å². The number of hydrogen-bond acceptors (Lipinski definition) is 5. The quantitative estimate of drug-likeness (QED) is 0.513. The van der Waals surface area contributed by atoms with E-state index in [-0.39, 0.29) is 18.6 Å². The summed E-state index contributed by atoms with van der Waals surface area (Å²) in [6.45, 7) is 4.00. The second-order valence-electron chi connectivity index (χ2n) is 7.51. The zero-order chi connectivity index (χ0) is 20.5.